The third-order valence-electron chi connectivity index (χ3n) is 2.95. The molecule has 0 saturated carbocycles. The lowest BCUT2D eigenvalue weighted by molar-refractivity contribution is -0.118. The topological polar surface area (TPSA) is 86.5 Å². The molecule has 0 saturated heterocycles. The Kier molecular flexibility index (Phi) is 3.47. The van der Waals surface area contributed by atoms with E-state index in [1.165, 1.54) is 0 Å². The van der Waals surface area contributed by atoms with Crippen molar-refractivity contribution in [2.45, 2.75) is 26.4 Å². The third kappa shape index (κ3) is 2.81. The highest BCUT2D eigenvalue weighted by Crippen LogP contribution is 2.36. The van der Waals surface area contributed by atoms with Gasteiger partial charge in [0, 0.05) is 5.92 Å². The van der Waals surface area contributed by atoms with E-state index in [0.29, 0.717) is 28.9 Å². The highest BCUT2D eigenvalue weighted by molar-refractivity contribution is 5.97. The van der Waals surface area contributed by atoms with Gasteiger partial charge < -0.3 is 19.3 Å². The lowest BCUT2D eigenvalue weighted by Gasteiger charge is -2.20. The van der Waals surface area contributed by atoms with Crippen LogP contribution in [0.2, 0.25) is 0 Å². The Bertz CT molecular complexity index is 666. The molecule has 0 unspecified atom stereocenters. The molecule has 1 N–H and O–H groups in total. The van der Waals surface area contributed by atoms with E-state index in [0.717, 1.165) is 0 Å². The van der Waals surface area contributed by atoms with Crippen LogP contribution in [-0.4, -0.2) is 22.7 Å². The maximum absolute atomic E-state index is 11.4. The maximum atomic E-state index is 11.4. The number of fused-ring (bicyclic) bond motifs is 1. The van der Waals surface area contributed by atoms with Gasteiger partial charge in [-0.3, -0.25) is 4.79 Å². The molecule has 21 heavy (non-hydrogen) atoms. The van der Waals surface area contributed by atoms with Crippen LogP contribution in [0.25, 0.3) is 0 Å². The summed E-state index contributed by atoms with van der Waals surface area (Å²) in [6.07, 6.45) is 0. The molecule has 3 rings (SSSR count). The van der Waals surface area contributed by atoms with Gasteiger partial charge in [-0.05, 0) is 12.1 Å². The molecule has 7 nitrogen and oxygen atoms in total. The molecular weight excluding hydrogens is 274 g/mol. The first-order valence-electron chi connectivity index (χ1n) is 6.64. The van der Waals surface area contributed by atoms with Gasteiger partial charge in [-0.25, -0.2) is 0 Å². The summed E-state index contributed by atoms with van der Waals surface area (Å²) in [5, 5.41) is 6.58. The molecule has 110 valence electrons. The molecule has 0 fully saturated rings. The van der Waals surface area contributed by atoms with E-state index in [-0.39, 0.29) is 25.0 Å². The number of carbonyl (C=O) groups excluding carboxylic acids is 1. The summed E-state index contributed by atoms with van der Waals surface area (Å²) < 4.78 is 16.1. The van der Waals surface area contributed by atoms with E-state index >= 15 is 0 Å². The Balaban J connectivity index is 1.74. The smallest absolute Gasteiger partial charge is 0.262 e. The third-order valence-corrected chi connectivity index (χ3v) is 2.95. The van der Waals surface area contributed by atoms with Gasteiger partial charge in [0.05, 0.1) is 0 Å². The maximum Gasteiger partial charge on any atom is 0.262 e. The Hall–Kier alpha value is -2.57. The summed E-state index contributed by atoms with van der Waals surface area (Å²) in [6.45, 7) is 4.11. The Morgan fingerprint density at radius 2 is 2.29 bits per heavy atom. The summed E-state index contributed by atoms with van der Waals surface area (Å²) in [6, 6.07) is 5.31. The molecule has 0 aliphatic carbocycles. The van der Waals surface area contributed by atoms with Crippen molar-refractivity contribution in [2.75, 3.05) is 11.9 Å². The second kappa shape index (κ2) is 5.43. The molecule has 7 heteroatoms. The van der Waals surface area contributed by atoms with Crippen LogP contribution in [0.5, 0.6) is 11.5 Å². The van der Waals surface area contributed by atoms with Crippen LogP contribution in [-0.2, 0) is 11.4 Å². The largest absolute Gasteiger partial charge is 0.483 e. The van der Waals surface area contributed by atoms with Crippen LogP contribution in [0.15, 0.2) is 22.7 Å². The average Bonchev–Trinajstić information content (AvgIpc) is 2.94. The van der Waals surface area contributed by atoms with Crippen molar-refractivity contribution in [3.8, 4) is 11.5 Å². The zero-order valence-electron chi connectivity index (χ0n) is 11.8. The number of amides is 1. The second-order valence-electron chi connectivity index (χ2n) is 4.96. The fourth-order valence-electron chi connectivity index (χ4n) is 1.90. The lowest BCUT2D eigenvalue weighted by atomic mass is 10.2. The number of nitrogens with zero attached hydrogens (tertiary/aromatic N) is 2. The molecule has 0 spiro atoms. The van der Waals surface area contributed by atoms with Crippen LogP contribution >= 0.6 is 0 Å². The van der Waals surface area contributed by atoms with Gasteiger partial charge in [0.25, 0.3) is 5.91 Å². The number of benzene rings is 1. The number of hydrogen-bond donors (Lipinski definition) is 1. The minimum atomic E-state index is -0.208. The Morgan fingerprint density at radius 3 is 3.05 bits per heavy atom. The number of ether oxygens (including phenoxy) is 2. The SMILES string of the molecule is CC(C)c1nc(COc2cccc3c2NC(=O)CO3)no1. The van der Waals surface area contributed by atoms with E-state index in [4.69, 9.17) is 14.0 Å². The van der Waals surface area contributed by atoms with Crippen molar-refractivity contribution in [1.29, 1.82) is 0 Å². The van der Waals surface area contributed by atoms with Gasteiger partial charge >= 0.3 is 0 Å². The summed E-state index contributed by atoms with van der Waals surface area (Å²) in [5.74, 6) is 2.09. The highest BCUT2D eigenvalue weighted by Gasteiger charge is 2.20. The standard InChI is InChI=1S/C14H15N3O4/c1-8(2)14-15-11(17-21-14)6-19-9-4-3-5-10-13(9)16-12(18)7-20-10/h3-5,8H,6-7H2,1-2H3,(H,16,18). The molecule has 0 radical (unpaired) electrons. The van der Waals surface area contributed by atoms with Crippen molar-refractivity contribution in [2.24, 2.45) is 0 Å². The number of carbonyl (C=O) groups is 1. The van der Waals surface area contributed by atoms with Crippen LogP contribution in [0.3, 0.4) is 0 Å². The normalized spacial score (nSPS) is 13.6. The molecular formula is C14H15N3O4. The number of rotatable bonds is 4. The fourth-order valence-corrected chi connectivity index (χ4v) is 1.90. The summed E-state index contributed by atoms with van der Waals surface area (Å²) in [5.41, 5.74) is 0.529. The van der Waals surface area contributed by atoms with Crippen molar-refractivity contribution < 1.29 is 18.8 Å². The Morgan fingerprint density at radius 1 is 1.43 bits per heavy atom. The first-order valence-corrected chi connectivity index (χ1v) is 6.64. The van der Waals surface area contributed by atoms with Crippen molar-refractivity contribution in [3.63, 3.8) is 0 Å². The predicted octanol–water partition coefficient (Wildman–Crippen LogP) is 2.10. The summed E-state index contributed by atoms with van der Waals surface area (Å²) >= 11 is 0. The van der Waals surface area contributed by atoms with Gasteiger partial charge in [-0.1, -0.05) is 25.1 Å². The van der Waals surface area contributed by atoms with Crippen LogP contribution in [0.4, 0.5) is 5.69 Å². The van der Waals surface area contributed by atoms with Gasteiger partial charge in [-0.2, -0.15) is 4.98 Å². The van der Waals surface area contributed by atoms with Gasteiger partial charge in [0.2, 0.25) is 11.7 Å². The zero-order chi connectivity index (χ0) is 14.8. The van der Waals surface area contributed by atoms with E-state index in [9.17, 15) is 4.79 Å². The number of hydrogen-bond acceptors (Lipinski definition) is 6. The van der Waals surface area contributed by atoms with Crippen molar-refractivity contribution in [3.05, 3.63) is 29.9 Å². The van der Waals surface area contributed by atoms with Crippen LogP contribution in [0.1, 0.15) is 31.5 Å². The van der Waals surface area contributed by atoms with Gasteiger partial charge in [-0.15, -0.1) is 0 Å². The first-order chi connectivity index (χ1) is 10.1. The van der Waals surface area contributed by atoms with Crippen LogP contribution in [0, 0.1) is 0 Å². The summed E-state index contributed by atoms with van der Waals surface area (Å²) in [7, 11) is 0. The monoisotopic (exact) mass is 289 g/mol. The minimum Gasteiger partial charge on any atom is -0.483 e. The van der Waals surface area contributed by atoms with Gasteiger partial charge in [0.1, 0.15) is 17.2 Å². The molecule has 1 amide bonds. The van der Waals surface area contributed by atoms with E-state index in [1.54, 1.807) is 18.2 Å². The molecule has 1 aliphatic rings. The summed E-state index contributed by atoms with van der Waals surface area (Å²) in [4.78, 5) is 15.6. The number of aromatic nitrogens is 2. The van der Waals surface area contributed by atoms with Gasteiger partial charge in [0.15, 0.2) is 13.2 Å². The van der Waals surface area contributed by atoms with E-state index < -0.39 is 0 Å². The predicted molar refractivity (Wildman–Crippen MR) is 73.3 cm³/mol. The molecule has 1 aromatic heterocycles. The molecule has 1 aromatic carbocycles. The fraction of sp³-hybridized carbons (Fsp3) is 0.357. The molecule has 1 aliphatic heterocycles. The van der Waals surface area contributed by atoms with E-state index in [1.807, 2.05) is 13.8 Å². The second-order valence-corrected chi connectivity index (χ2v) is 4.96. The Labute approximate surface area is 121 Å². The van der Waals surface area contributed by atoms with E-state index in [2.05, 4.69) is 15.5 Å². The minimum absolute atomic E-state index is 0.0129. The molecule has 0 bridgehead atoms. The van der Waals surface area contributed by atoms with Crippen molar-refractivity contribution in [1.82, 2.24) is 10.1 Å². The van der Waals surface area contributed by atoms with Crippen LogP contribution < -0.4 is 14.8 Å². The zero-order valence-corrected chi connectivity index (χ0v) is 11.8. The quantitative estimate of drug-likeness (QED) is 0.927. The molecule has 0 atom stereocenters. The first kappa shape index (κ1) is 13.4. The number of anilines is 1. The van der Waals surface area contributed by atoms with Crippen molar-refractivity contribution >= 4 is 11.6 Å². The average molecular weight is 289 g/mol. The number of nitrogens with one attached hydrogen (secondary N) is 1. The number of para-hydroxylation sites is 1. The molecule has 2 aromatic rings. The highest BCUT2D eigenvalue weighted by atomic mass is 16.5. The lowest BCUT2D eigenvalue weighted by Crippen LogP contribution is -2.25. The molecule has 2 heterocycles.